The number of hydrogen-bond acceptors (Lipinski definition) is 4. The summed E-state index contributed by atoms with van der Waals surface area (Å²) in [4.78, 5) is 27.6. The average molecular weight is 334 g/mol. The van der Waals surface area contributed by atoms with Gasteiger partial charge in [0.15, 0.2) is 0 Å². The minimum atomic E-state index is 0. The molecule has 7 heteroatoms. The highest BCUT2D eigenvalue weighted by Gasteiger charge is 2.21. The Labute approximate surface area is 138 Å². The van der Waals surface area contributed by atoms with Crippen LogP contribution in [-0.4, -0.2) is 74.1 Å². The van der Waals surface area contributed by atoms with Crippen LogP contribution < -0.4 is 5.32 Å². The van der Waals surface area contributed by atoms with E-state index in [1.54, 1.807) is 11.9 Å². The van der Waals surface area contributed by atoms with Gasteiger partial charge >= 0.3 is 0 Å². The molecular weight excluding hydrogens is 306 g/mol. The minimum Gasteiger partial charge on any atom is -0.378 e. The number of nitrogens with zero attached hydrogens (tertiary/aromatic N) is 2. The standard InChI is InChI=1S/C15H27N3O3.ClH/c1-17(12-15(20)18-9-7-16-8-10-18)14(19)6-5-13-4-2-3-11-21-13;/h13,16H,2-12H2,1H3;1H. The van der Waals surface area contributed by atoms with Gasteiger partial charge in [-0.15, -0.1) is 12.4 Å². The van der Waals surface area contributed by atoms with Crippen molar-refractivity contribution in [2.45, 2.75) is 38.2 Å². The van der Waals surface area contributed by atoms with E-state index in [4.69, 9.17) is 4.74 Å². The number of likely N-dealkylation sites (N-methyl/N-ethyl adjacent to an activating group) is 1. The van der Waals surface area contributed by atoms with Crippen LogP contribution in [0, 0.1) is 0 Å². The van der Waals surface area contributed by atoms with Gasteiger partial charge in [-0.05, 0) is 25.7 Å². The zero-order valence-electron chi connectivity index (χ0n) is 13.4. The van der Waals surface area contributed by atoms with Crippen LogP contribution in [0.15, 0.2) is 0 Å². The predicted octanol–water partition coefficient (Wildman–Crippen LogP) is 0.648. The lowest BCUT2D eigenvalue weighted by atomic mass is 10.0. The normalized spacial score (nSPS) is 21.9. The molecule has 2 heterocycles. The number of piperazine rings is 1. The van der Waals surface area contributed by atoms with Crippen molar-refractivity contribution in [3.05, 3.63) is 0 Å². The summed E-state index contributed by atoms with van der Waals surface area (Å²) in [6.45, 7) is 4.14. The molecule has 2 aliphatic heterocycles. The third-order valence-electron chi connectivity index (χ3n) is 4.22. The van der Waals surface area contributed by atoms with Gasteiger partial charge in [0.2, 0.25) is 11.8 Å². The quantitative estimate of drug-likeness (QED) is 0.802. The van der Waals surface area contributed by atoms with Crippen LogP contribution in [-0.2, 0) is 14.3 Å². The van der Waals surface area contributed by atoms with E-state index in [1.165, 1.54) is 6.42 Å². The molecule has 2 saturated heterocycles. The molecule has 0 radical (unpaired) electrons. The molecule has 0 aromatic heterocycles. The first-order valence-electron chi connectivity index (χ1n) is 8.01. The van der Waals surface area contributed by atoms with E-state index in [0.717, 1.165) is 52.0 Å². The molecule has 0 spiro atoms. The van der Waals surface area contributed by atoms with Crippen LogP contribution in [0.4, 0.5) is 0 Å². The number of rotatable bonds is 5. The number of halogens is 1. The first kappa shape index (κ1) is 19.2. The third-order valence-corrected chi connectivity index (χ3v) is 4.22. The molecule has 0 aromatic rings. The summed E-state index contributed by atoms with van der Waals surface area (Å²) in [6.07, 6.45) is 4.83. The molecule has 128 valence electrons. The molecule has 1 N–H and O–H groups in total. The van der Waals surface area contributed by atoms with Gasteiger partial charge in [0.25, 0.3) is 0 Å². The van der Waals surface area contributed by atoms with E-state index in [2.05, 4.69) is 5.32 Å². The summed E-state index contributed by atoms with van der Waals surface area (Å²) in [5.74, 6) is 0.0777. The Morgan fingerprint density at radius 1 is 1.27 bits per heavy atom. The maximum atomic E-state index is 12.1. The fraction of sp³-hybridized carbons (Fsp3) is 0.867. The lowest BCUT2D eigenvalue weighted by Crippen LogP contribution is -2.49. The van der Waals surface area contributed by atoms with Crippen molar-refractivity contribution in [2.75, 3.05) is 46.4 Å². The molecule has 0 aliphatic carbocycles. The Morgan fingerprint density at radius 3 is 2.64 bits per heavy atom. The third kappa shape index (κ3) is 6.10. The van der Waals surface area contributed by atoms with Crippen LogP contribution in [0.25, 0.3) is 0 Å². The lowest BCUT2D eigenvalue weighted by molar-refractivity contribution is -0.140. The number of hydrogen-bond donors (Lipinski definition) is 1. The second-order valence-corrected chi connectivity index (χ2v) is 5.91. The molecule has 6 nitrogen and oxygen atoms in total. The molecule has 2 aliphatic rings. The number of carbonyl (C=O) groups is 2. The van der Waals surface area contributed by atoms with Crippen LogP contribution in [0.5, 0.6) is 0 Å². The summed E-state index contributed by atoms with van der Waals surface area (Å²) in [7, 11) is 1.71. The zero-order valence-corrected chi connectivity index (χ0v) is 14.2. The first-order valence-corrected chi connectivity index (χ1v) is 8.01. The van der Waals surface area contributed by atoms with Gasteiger partial charge in [-0.1, -0.05) is 0 Å². The van der Waals surface area contributed by atoms with Crippen molar-refractivity contribution in [2.24, 2.45) is 0 Å². The fourth-order valence-electron chi connectivity index (χ4n) is 2.82. The van der Waals surface area contributed by atoms with Gasteiger partial charge in [0.1, 0.15) is 0 Å². The van der Waals surface area contributed by atoms with Crippen molar-refractivity contribution in [3.63, 3.8) is 0 Å². The SMILES string of the molecule is CN(CC(=O)N1CCNCC1)C(=O)CCC1CCCCO1.Cl. The lowest BCUT2D eigenvalue weighted by Gasteiger charge is -2.29. The highest BCUT2D eigenvalue weighted by molar-refractivity contribution is 5.85. The highest BCUT2D eigenvalue weighted by Crippen LogP contribution is 2.17. The van der Waals surface area contributed by atoms with E-state index in [9.17, 15) is 9.59 Å². The van der Waals surface area contributed by atoms with E-state index < -0.39 is 0 Å². The Bertz CT molecular complexity index is 356. The molecule has 2 amide bonds. The number of amides is 2. The van der Waals surface area contributed by atoms with Gasteiger partial charge in [-0.25, -0.2) is 0 Å². The van der Waals surface area contributed by atoms with Crippen LogP contribution in [0.1, 0.15) is 32.1 Å². The molecule has 0 saturated carbocycles. The Balaban J connectivity index is 0.00000242. The Morgan fingerprint density at radius 2 is 2.00 bits per heavy atom. The monoisotopic (exact) mass is 333 g/mol. The molecule has 0 aromatic carbocycles. The van der Waals surface area contributed by atoms with Gasteiger partial charge in [0.05, 0.1) is 12.6 Å². The number of ether oxygens (including phenoxy) is 1. The van der Waals surface area contributed by atoms with Gasteiger partial charge in [-0.3, -0.25) is 9.59 Å². The largest absolute Gasteiger partial charge is 0.378 e. The Hall–Kier alpha value is -0.850. The molecule has 0 bridgehead atoms. The molecule has 2 rings (SSSR count). The van der Waals surface area contributed by atoms with Crippen molar-refractivity contribution < 1.29 is 14.3 Å². The van der Waals surface area contributed by atoms with Crippen LogP contribution in [0.2, 0.25) is 0 Å². The van der Waals surface area contributed by atoms with Crippen molar-refractivity contribution in [1.29, 1.82) is 0 Å². The highest BCUT2D eigenvalue weighted by atomic mass is 35.5. The molecule has 1 unspecified atom stereocenters. The van der Waals surface area contributed by atoms with Crippen molar-refractivity contribution in [3.8, 4) is 0 Å². The van der Waals surface area contributed by atoms with Crippen LogP contribution in [0.3, 0.4) is 0 Å². The van der Waals surface area contributed by atoms with Gasteiger partial charge in [-0.2, -0.15) is 0 Å². The van der Waals surface area contributed by atoms with Gasteiger partial charge < -0.3 is 19.9 Å². The molecule has 2 fully saturated rings. The predicted molar refractivity (Wildman–Crippen MR) is 87.2 cm³/mol. The number of nitrogens with one attached hydrogen (secondary N) is 1. The Kier molecular flexibility index (Phi) is 8.75. The second-order valence-electron chi connectivity index (χ2n) is 5.91. The van der Waals surface area contributed by atoms with Crippen molar-refractivity contribution in [1.82, 2.24) is 15.1 Å². The summed E-state index contributed by atoms with van der Waals surface area (Å²) in [5.41, 5.74) is 0. The smallest absolute Gasteiger partial charge is 0.242 e. The van der Waals surface area contributed by atoms with Crippen LogP contribution >= 0.6 is 12.4 Å². The molecule has 1 atom stereocenters. The topological polar surface area (TPSA) is 61.9 Å². The van der Waals surface area contributed by atoms with E-state index >= 15 is 0 Å². The molecular formula is C15H28ClN3O3. The summed E-state index contributed by atoms with van der Waals surface area (Å²) >= 11 is 0. The first-order chi connectivity index (χ1) is 10.2. The van der Waals surface area contributed by atoms with Gasteiger partial charge in [0, 0.05) is 46.3 Å². The van der Waals surface area contributed by atoms with E-state index in [-0.39, 0.29) is 36.9 Å². The minimum absolute atomic E-state index is 0. The second kappa shape index (κ2) is 10.0. The number of carbonyl (C=O) groups excluding carboxylic acids is 2. The summed E-state index contributed by atoms with van der Waals surface area (Å²) in [6, 6.07) is 0. The fourth-order valence-corrected chi connectivity index (χ4v) is 2.82. The summed E-state index contributed by atoms with van der Waals surface area (Å²) < 4.78 is 5.63. The zero-order chi connectivity index (χ0) is 15.1. The maximum Gasteiger partial charge on any atom is 0.242 e. The van der Waals surface area contributed by atoms with E-state index in [1.807, 2.05) is 4.90 Å². The molecule has 22 heavy (non-hydrogen) atoms. The van der Waals surface area contributed by atoms with Crippen molar-refractivity contribution >= 4 is 24.2 Å². The summed E-state index contributed by atoms with van der Waals surface area (Å²) in [5, 5.41) is 3.21. The average Bonchev–Trinajstić information content (AvgIpc) is 2.54. The van der Waals surface area contributed by atoms with E-state index in [0.29, 0.717) is 6.42 Å². The maximum absolute atomic E-state index is 12.1.